The third-order valence-corrected chi connectivity index (χ3v) is 5.20. The van der Waals surface area contributed by atoms with E-state index in [-0.39, 0.29) is 30.3 Å². The highest BCUT2D eigenvalue weighted by molar-refractivity contribution is 7.08. The molecule has 1 amide bonds. The van der Waals surface area contributed by atoms with E-state index in [0.717, 1.165) is 5.56 Å². The fraction of sp³-hybridized carbons (Fsp3) is 0.556. The van der Waals surface area contributed by atoms with Crippen LogP contribution in [0.2, 0.25) is 0 Å². The van der Waals surface area contributed by atoms with E-state index >= 15 is 0 Å². The lowest BCUT2D eigenvalue weighted by Crippen LogP contribution is -2.43. The van der Waals surface area contributed by atoms with Crippen molar-refractivity contribution in [1.29, 1.82) is 0 Å². The summed E-state index contributed by atoms with van der Waals surface area (Å²) < 4.78 is 0. The molecule has 2 unspecified atom stereocenters. The maximum Gasteiger partial charge on any atom is 0.287 e. The van der Waals surface area contributed by atoms with Crippen LogP contribution < -0.4 is 5.32 Å². The van der Waals surface area contributed by atoms with E-state index < -0.39 is 23.5 Å². The quantitative estimate of drug-likeness (QED) is 0.730. The summed E-state index contributed by atoms with van der Waals surface area (Å²) in [6, 6.07) is 1.91. The van der Waals surface area contributed by atoms with Crippen molar-refractivity contribution in [3.05, 3.63) is 22.4 Å². The minimum atomic E-state index is -0.603. The number of Topliss-reactive ketones (excluding diaryl/α,β-unsaturated/α-hetero) is 3. The van der Waals surface area contributed by atoms with Crippen LogP contribution in [0.4, 0.5) is 0 Å². The summed E-state index contributed by atoms with van der Waals surface area (Å²) in [6.07, 6.45) is 1.08. The Hall–Kier alpha value is -1.82. The molecule has 2 rings (SSSR count). The molecule has 1 aromatic rings. The minimum Gasteiger partial charge on any atom is -0.349 e. The topological polar surface area (TPSA) is 80.3 Å². The zero-order valence-electron chi connectivity index (χ0n) is 14.0. The molecule has 0 spiro atoms. The molecule has 2 atom stereocenters. The molecular weight excluding hydrogens is 326 g/mol. The first kappa shape index (κ1) is 18.5. The maximum atomic E-state index is 12.6. The van der Waals surface area contributed by atoms with Gasteiger partial charge in [-0.2, -0.15) is 11.3 Å². The van der Waals surface area contributed by atoms with Gasteiger partial charge in [-0.05, 0) is 34.7 Å². The number of carbonyl (C=O) groups is 4. The van der Waals surface area contributed by atoms with Crippen LogP contribution in [0.5, 0.6) is 0 Å². The van der Waals surface area contributed by atoms with Gasteiger partial charge in [-0.1, -0.05) is 13.8 Å². The standard InChI is InChI=1S/C18H23NO4S/c1-11(2)15(9-14(20)7-12-4-6-24-10-12)16(21)8-13-3-5-19-18(23)17(13)22/h4,6,10-11,13,15H,3,5,7-9H2,1-2H3,(H,19,23). The average molecular weight is 349 g/mol. The molecule has 0 saturated carbocycles. The number of rotatable bonds is 8. The molecule has 1 aliphatic rings. The van der Waals surface area contributed by atoms with Crippen molar-refractivity contribution in [3.8, 4) is 0 Å². The van der Waals surface area contributed by atoms with Crippen molar-refractivity contribution in [2.24, 2.45) is 17.8 Å². The van der Waals surface area contributed by atoms with Crippen LogP contribution in [0.15, 0.2) is 16.8 Å². The number of carbonyl (C=O) groups excluding carboxylic acids is 4. The summed E-state index contributed by atoms with van der Waals surface area (Å²) in [6.45, 7) is 4.25. The van der Waals surface area contributed by atoms with E-state index in [1.807, 2.05) is 30.7 Å². The van der Waals surface area contributed by atoms with Crippen LogP contribution in [0.25, 0.3) is 0 Å². The van der Waals surface area contributed by atoms with E-state index in [4.69, 9.17) is 0 Å². The molecule has 0 bridgehead atoms. The molecule has 24 heavy (non-hydrogen) atoms. The van der Waals surface area contributed by atoms with Crippen LogP contribution in [0, 0.1) is 17.8 Å². The van der Waals surface area contributed by atoms with E-state index in [9.17, 15) is 19.2 Å². The Bertz CT molecular complexity index is 621. The number of hydrogen-bond donors (Lipinski definition) is 1. The van der Waals surface area contributed by atoms with Crippen LogP contribution >= 0.6 is 11.3 Å². The van der Waals surface area contributed by atoms with E-state index in [0.29, 0.717) is 19.4 Å². The van der Waals surface area contributed by atoms with Crippen molar-refractivity contribution in [1.82, 2.24) is 5.32 Å². The van der Waals surface area contributed by atoms with Gasteiger partial charge in [0.1, 0.15) is 11.6 Å². The lowest BCUT2D eigenvalue weighted by molar-refractivity contribution is -0.143. The van der Waals surface area contributed by atoms with Crippen LogP contribution in [0.1, 0.15) is 38.7 Å². The molecule has 6 heteroatoms. The van der Waals surface area contributed by atoms with Crippen molar-refractivity contribution >= 4 is 34.6 Å². The number of thiophene rings is 1. The van der Waals surface area contributed by atoms with Gasteiger partial charge < -0.3 is 5.32 Å². The smallest absolute Gasteiger partial charge is 0.287 e. The number of nitrogens with one attached hydrogen (secondary N) is 1. The molecule has 0 aliphatic carbocycles. The van der Waals surface area contributed by atoms with Gasteiger partial charge >= 0.3 is 0 Å². The third kappa shape index (κ3) is 4.84. The Morgan fingerprint density at radius 2 is 2.08 bits per heavy atom. The summed E-state index contributed by atoms with van der Waals surface area (Å²) in [4.78, 5) is 48.1. The number of piperidine rings is 1. The molecule has 0 radical (unpaired) electrons. The Balaban J connectivity index is 1.96. The monoisotopic (exact) mass is 349 g/mol. The summed E-state index contributed by atoms with van der Waals surface area (Å²) in [5, 5.41) is 6.35. The summed E-state index contributed by atoms with van der Waals surface area (Å²) >= 11 is 1.54. The Kier molecular flexibility index (Phi) is 6.43. The van der Waals surface area contributed by atoms with Crippen LogP contribution in [-0.4, -0.2) is 29.8 Å². The van der Waals surface area contributed by atoms with Crippen molar-refractivity contribution < 1.29 is 19.2 Å². The SMILES string of the molecule is CC(C)C(CC(=O)Cc1ccsc1)C(=O)CC1CCNC(=O)C1=O. The van der Waals surface area contributed by atoms with E-state index in [1.54, 1.807) is 11.3 Å². The molecule has 1 aromatic heterocycles. The second-order valence-electron chi connectivity index (χ2n) is 6.68. The molecule has 0 aromatic carbocycles. The van der Waals surface area contributed by atoms with Gasteiger partial charge in [0.05, 0.1) is 0 Å². The van der Waals surface area contributed by atoms with E-state index in [1.165, 1.54) is 0 Å². The van der Waals surface area contributed by atoms with Gasteiger partial charge in [0.15, 0.2) is 0 Å². The number of amides is 1. The molecule has 1 saturated heterocycles. The molecular formula is C18H23NO4S. The lowest BCUT2D eigenvalue weighted by atomic mass is 9.80. The van der Waals surface area contributed by atoms with Crippen LogP contribution in [-0.2, 0) is 25.6 Å². The fourth-order valence-corrected chi connectivity index (χ4v) is 3.68. The first-order valence-electron chi connectivity index (χ1n) is 8.26. The second-order valence-corrected chi connectivity index (χ2v) is 7.46. The van der Waals surface area contributed by atoms with Crippen molar-refractivity contribution in [2.45, 2.75) is 39.5 Å². The Morgan fingerprint density at radius 1 is 1.33 bits per heavy atom. The van der Waals surface area contributed by atoms with Crippen molar-refractivity contribution in [2.75, 3.05) is 6.54 Å². The zero-order chi connectivity index (χ0) is 17.7. The van der Waals surface area contributed by atoms with Gasteiger partial charge in [-0.3, -0.25) is 19.2 Å². The first-order valence-corrected chi connectivity index (χ1v) is 9.20. The van der Waals surface area contributed by atoms with Gasteiger partial charge in [0.2, 0.25) is 5.78 Å². The predicted octanol–water partition coefficient (Wildman–Crippen LogP) is 2.19. The summed E-state index contributed by atoms with van der Waals surface area (Å²) in [5.74, 6) is -2.08. The average Bonchev–Trinajstić information content (AvgIpc) is 3.02. The molecule has 130 valence electrons. The van der Waals surface area contributed by atoms with Crippen LogP contribution in [0.3, 0.4) is 0 Å². The molecule has 1 N–H and O–H groups in total. The highest BCUT2D eigenvalue weighted by Crippen LogP contribution is 2.24. The molecule has 1 fully saturated rings. The first-order chi connectivity index (χ1) is 11.4. The maximum absolute atomic E-state index is 12.6. The van der Waals surface area contributed by atoms with Crippen molar-refractivity contribution in [3.63, 3.8) is 0 Å². The molecule has 5 nitrogen and oxygen atoms in total. The second kappa shape index (κ2) is 8.33. The predicted molar refractivity (Wildman–Crippen MR) is 91.7 cm³/mol. The lowest BCUT2D eigenvalue weighted by Gasteiger charge is -2.24. The van der Waals surface area contributed by atoms with Gasteiger partial charge in [-0.15, -0.1) is 0 Å². The normalized spacial score (nSPS) is 19.2. The highest BCUT2D eigenvalue weighted by atomic mass is 32.1. The number of ketones is 3. The minimum absolute atomic E-state index is 0.0245. The summed E-state index contributed by atoms with van der Waals surface area (Å²) in [7, 11) is 0. The Morgan fingerprint density at radius 3 is 2.71 bits per heavy atom. The van der Waals surface area contributed by atoms with E-state index in [2.05, 4.69) is 5.32 Å². The fourth-order valence-electron chi connectivity index (χ4n) is 3.01. The van der Waals surface area contributed by atoms with Gasteiger partial charge in [0.25, 0.3) is 5.91 Å². The summed E-state index contributed by atoms with van der Waals surface area (Å²) in [5.41, 5.74) is 0.971. The Labute approximate surface area is 145 Å². The largest absolute Gasteiger partial charge is 0.349 e. The third-order valence-electron chi connectivity index (χ3n) is 4.47. The molecule has 1 aliphatic heterocycles. The molecule has 2 heterocycles. The highest BCUT2D eigenvalue weighted by Gasteiger charge is 2.34. The van der Waals surface area contributed by atoms with Gasteiger partial charge in [-0.25, -0.2) is 0 Å². The zero-order valence-corrected chi connectivity index (χ0v) is 14.9. The van der Waals surface area contributed by atoms with Gasteiger partial charge in [0, 0.05) is 37.6 Å². The number of hydrogen-bond acceptors (Lipinski definition) is 5.